The van der Waals surface area contributed by atoms with Gasteiger partial charge < -0.3 is 9.88 Å². The number of hydrogen-bond acceptors (Lipinski definition) is 1. The van der Waals surface area contributed by atoms with E-state index in [0.29, 0.717) is 16.6 Å². The van der Waals surface area contributed by atoms with Gasteiger partial charge in [0.25, 0.3) is 0 Å². The molecule has 3 rings (SSSR count). The highest BCUT2D eigenvalue weighted by Crippen LogP contribution is 2.23. The van der Waals surface area contributed by atoms with Crippen molar-refractivity contribution in [2.45, 2.75) is 26.3 Å². The Balaban J connectivity index is 1.79. The monoisotopic (exact) mass is 326 g/mol. The molecule has 1 aromatic heterocycles. The molecular weight excluding hydrogens is 308 g/mol. The number of fused-ring (bicyclic) bond motifs is 1. The van der Waals surface area contributed by atoms with Gasteiger partial charge in [-0.05, 0) is 47.2 Å². The average Bonchev–Trinajstić information content (AvgIpc) is 2.92. The van der Waals surface area contributed by atoms with Crippen LogP contribution in [0.5, 0.6) is 0 Å². The smallest absolute Gasteiger partial charge is 0.244 e. The fourth-order valence-electron chi connectivity index (χ4n) is 2.62. The SMILES string of the molecule is CC(C)c1ccc2c(ccn2CC(=O)Nc2ccccc2Cl)c1. The lowest BCUT2D eigenvalue weighted by molar-refractivity contribution is -0.116. The number of nitrogens with one attached hydrogen (secondary N) is 1. The molecule has 0 atom stereocenters. The number of nitrogens with zero attached hydrogens (tertiary/aromatic N) is 1. The van der Waals surface area contributed by atoms with Crippen molar-refractivity contribution in [3.05, 3.63) is 65.3 Å². The van der Waals surface area contributed by atoms with Crippen molar-refractivity contribution >= 4 is 34.1 Å². The molecule has 0 aliphatic carbocycles. The van der Waals surface area contributed by atoms with E-state index in [0.717, 1.165) is 10.9 Å². The maximum Gasteiger partial charge on any atom is 0.244 e. The first-order valence-electron chi connectivity index (χ1n) is 7.68. The van der Waals surface area contributed by atoms with E-state index < -0.39 is 0 Å². The highest BCUT2D eigenvalue weighted by molar-refractivity contribution is 6.33. The second kappa shape index (κ2) is 6.47. The van der Waals surface area contributed by atoms with Crippen LogP contribution in [0, 0.1) is 0 Å². The second-order valence-electron chi connectivity index (χ2n) is 5.94. The zero-order valence-electron chi connectivity index (χ0n) is 13.2. The van der Waals surface area contributed by atoms with E-state index in [1.807, 2.05) is 29.0 Å². The topological polar surface area (TPSA) is 34.0 Å². The molecule has 0 radical (unpaired) electrons. The molecule has 0 aliphatic rings. The lowest BCUT2D eigenvalue weighted by Crippen LogP contribution is -2.18. The molecule has 3 nitrogen and oxygen atoms in total. The number of carbonyl (C=O) groups excluding carboxylic acids is 1. The Labute approximate surface area is 140 Å². The first-order valence-corrected chi connectivity index (χ1v) is 8.05. The fraction of sp³-hybridized carbons (Fsp3) is 0.211. The van der Waals surface area contributed by atoms with Crippen molar-refractivity contribution < 1.29 is 4.79 Å². The zero-order valence-corrected chi connectivity index (χ0v) is 14.0. The van der Waals surface area contributed by atoms with Gasteiger partial charge in [-0.3, -0.25) is 4.79 Å². The number of hydrogen-bond donors (Lipinski definition) is 1. The van der Waals surface area contributed by atoms with Gasteiger partial charge in [-0.15, -0.1) is 0 Å². The summed E-state index contributed by atoms with van der Waals surface area (Å²) in [6, 6.07) is 15.7. The number of halogens is 1. The molecule has 0 spiro atoms. The van der Waals surface area contributed by atoms with Crippen molar-refractivity contribution in [3.63, 3.8) is 0 Å². The quantitative estimate of drug-likeness (QED) is 0.714. The molecule has 2 aromatic carbocycles. The minimum Gasteiger partial charge on any atom is -0.338 e. The first kappa shape index (κ1) is 15.6. The average molecular weight is 327 g/mol. The maximum absolute atomic E-state index is 12.3. The van der Waals surface area contributed by atoms with Crippen LogP contribution in [0.2, 0.25) is 5.02 Å². The molecule has 0 saturated heterocycles. The van der Waals surface area contributed by atoms with Gasteiger partial charge in [-0.1, -0.05) is 43.6 Å². The summed E-state index contributed by atoms with van der Waals surface area (Å²) in [6.45, 7) is 4.61. The fourth-order valence-corrected chi connectivity index (χ4v) is 2.81. The van der Waals surface area contributed by atoms with Gasteiger partial charge in [0.2, 0.25) is 5.91 Å². The molecule has 0 fully saturated rings. The van der Waals surface area contributed by atoms with Crippen LogP contribution in [-0.2, 0) is 11.3 Å². The third-order valence-electron chi connectivity index (χ3n) is 3.92. The molecule has 1 amide bonds. The molecule has 0 aliphatic heterocycles. The summed E-state index contributed by atoms with van der Waals surface area (Å²) in [5.74, 6) is 0.398. The maximum atomic E-state index is 12.3. The van der Waals surface area contributed by atoms with Gasteiger partial charge in [0.05, 0.1) is 10.7 Å². The van der Waals surface area contributed by atoms with E-state index in [9.17, 15) is 4.79 Å². The molecule has 1 heterocycles. The van der Waals surface area contributed by atoms with Gasteiger partial charge >= 0.3 is 0 Å². The van der Waals surface area contributed by atoms with Crippen molar-refractivity contribution in [2.75, 3.05) is 5.32 Å². The Morgan fingerprint density at radius 3 is 2.70 bits per heavy atom. The predicted molar refractivity (Wildman–Crippen MR) is 96.1 cm³/mol. The predicted octanol–water partition coefficient (Wildman–Crippen LogP) is 5.06. The first-order chi connectivity index (χ1) is 11.0. The largest absolute Gasteiger partial charge is 0.338 e. The highest BCUT2D eigenvalue weighted by atomic mass is 35.5. The number of para-hydroxylation sites is 1. The molecule has 3 aromatic rings. The van der Waals surface area contributed by atoms with Crippen LogP contribution < -0.4 is 5.32 Å². The molecule has 118 valence electrons. The van der Waals surface area contributed by atoms with Gasteiger partial charge in [0.1, 0.15) is 6.54 Å². The number of carbonyl (C=O) groups is 1. The molecule has 23 heavy (non-hydrogen) atoms. The van der Waals surface area contributed by atoms with Gasteiger partial charge in [-0.25, -0.2) is 0 Å². The normalized spacial score (nSPS) is 11.1. The summed E-state index contributed by atoms with van der Waals surface area (Å²) in [5.41, 5.74) is 3.00. The number of amides is 1. The van der Waals surface area contributed by atoms with Crippen molar-refractivity contribution in [1.82, 2.24) is 4.57 Å². The summed E-state index contributed by atoms with van der Waals surface area (Å²) in [4.78, 5) is 12.3. The van der Waals surface area contributed by atoms with Crippen LogP contribution in [0.15, 0.2) is 54.7 Å². The molecule has 0 bridgehead atoms. The number of aromatic nitrogens is 1. The standard InChI is InChI=1S/C19H19ClN2O/c1-13(2)14-7-8-18-15(11-14)9-10-22(18)12-19(23)21-17-6-4-3-5-16(17)20/h3-11,13H,12H2,1-2H3,(H,21,23). The Bertz CT molecular complexity index is 851. The van der Waals surface area contributed by atoms with Crippen molar-refractivity contribution in [2.24, 2.45) is 0 Å². The lowest BCUT2D eigenvalue weighted by Gasteiger charge is -2.10. The van der Waals surface area contributed by atoms with E-state index in [1.165, 1.54) is 5.56 Å². The summed E-state index contributed by atoms with van der Waals surface area (Å²) in [5, 5.41) is 4.55. The van der Waals surface area contributed by atoms with Gasteiger partial charge in [0.15, 0.2) is 0 Å². The van der Waals surface area contributed by atoms with Crippen LogP contribution in [0.25, 0.3) is 10.9 Å². The molecule has 0 saturated carbocycles. The number of benzene rings is 2. The summed E-state index contributed by atoms with van der Waals surface area (Å²) in [7, 11) is 0. The summed E-state index contributed by atoms with van der Waals surface area (Å²) in [6.07, 6.45) is 1.95. The Kier molecular flexibility index (Phi) is 4.39. The van der Waals surface area contributed by atoms with Crippen LogP contribution in [-0.4, -0.2) is 10.5 Å². The second-order valence-corrected chi connectivity index (χ2v) is 6.35. The van der Waals surface area contributed by atoms with E-state index in [1.54, 1.807) is 12.1 Å². The Hall–Kier alpha value is -2.26. The van der Waals surface area contributed by atoms with Crippen molar-refractivity contribution in [1.29, 1.82) is 0 Å². The zero-order chi connectivity index (χ0) is 16.4. The number of anilines is 1. The minimum absolute atomic E-state index is 0.0939. The lowest BCUT2D eigenvalue weighted by atomic mass is 10.0. The highest BCUT2D eigenvalue weighted by Gasteiger charge is 2.09. The van der Waals surface area contributed by atoms with E-state index in [4.69, 9.17) is 11.6 Å². The van der Waals surface area contributed by atoms with Crippen LogP contribution in [0.1, 0.15) is 25.3 Å². The molecular formula is C19H19ClN2O. The summed E-state index contributed by atoms with van der Waals surface area (Å²) >= 11 is 6.07. The third kappa shape index (κ3) is 3.40. The molecule has 1 N–H and O–H groups in total. The summed E-state index contributed by atoms with van der Waals surface area (Å²) < 4.78 is 1.95. The van der Waals surface area contributed by atoms with Crippen molar-refractivity contribution in [3.8, 4) is 0 Å². The molecule has 4 heteroatoms. The van der Waals surface area contributed by atoms with E-state index in [2.05, 4.69) is 37.4 Å². The molecule has 0 unspecified atom stereocenters. The van der Waals surface area contributed by atoms with Crippen LogP contribution in [0.4, 0.5) is 5.69 Å². The van der Waals surface area contributed by atoms with Crippen LogP contribution in [0.3, 0.4) is 0 Å². The minimum atomic E-state index is -0.0939. The Morgan fingerprint density at radius 2 is 1.96 bits per heavy atom. The van der Waals surface area contributed by atoms with Crippen LogP contribution >= 0.6 is 11.6 Å². The van der Waals surface area contributed by atoms with E-state index >= 15 is 0 Å². The van der Waals surface area contributed by atoms with E-state index in [-0.39, 0.29) is 12.5 Å². The third-order valence-corrected chi connectivity index (χ3v) is 4.25. The Morgan fingerprint density at radius 1 is 1.17 bits per heavy atom. The number of rotatable bonds is 4. The van der Waals surface area contributed by atoms with Gasteiger partial charge in [-0.2, -0.15) is 0 Å². The van der Waals surface area contributed by atoms with Gasteiger partial charge in [0, 0.05) is 11.7 Å².